The maximum absolute atomic E-state index is 13.2. The monoisotopic (exact) mass is 513 g/mol. The summed E-state index contributed by atoms with van der Waals surface area (Å²) in [5.41, 5.74) is 2.25. The second-order valence-electron chi connectivity index (χ2n) is 7.68. The van der Waals surface area contributed by atoms with Crippen molar-refractivity contribution in [3.05, 3.63) is 65.5 Å². The number of aromatic nitrogens is 6. The van der Waals surface area contributed by atoms with Crippen molar-refractivity contribution in [2.24, 2.45) is 0 Å². The molecule has 182 valence electrons. The van der Waals surface area contributed by atoms with Crippen molar-refractivity contribution < 1.29 is 13.7 Å². The minimum Gasteiger partial charge on any atom is -0.494 e. The lowest BCUT2D eigenvalue weighted by Gasteiger charge is -2.18. The van der Waals surface area contributed by atoms with E-state index in [1.165, 1.54) is 12.4 Å². The highest BCUT2D eigenvalue weighted by molar-refractivity contribution is 7.86. The molecule has 12 heteroatoms. The van der Waals surface area contributed by atoms with Crippen LogP contribution in [-0.4, -0.2) is 53.4 Å². The van der Waals surface area contributed by atoms with Crippen molar-refractivity contribution in [1.29, 1.82) is 0 Å². The standard InChI is InChI=1S/C23H24ClN7O3S/c1-14-8-16(11-25-10-14)22-28-29-23(31(22)21-18(33-3)6-5-7-19(21)34-4)30-35(32)15(2)9-20-26-12-17(24)13-27-20/h5-8,10-13,15H,9H2,1-4H3,(H,29,30). The molecule has 0 aliphatic carbocycles. The molecule has 35 heavy (non-hydrogen) atoms. The van der Waals surface area contributed by atoms with Crippen LogP contribution in [0.1, 0.15) is 18.3 Å². The van der Waals surface area contributed by atoms with Gasteiger partial charge in [-0.1, -0.05) is 17.7 Å². The van der Waals surface area contributed by atoms with Gasteiger partial charge in [-0.05, 0) is 37.6 Å². The first kappa shape index (κ1) is 24.6. The molecule has 0 radical (unpaired) electrons. The quantitative estimate of drug-likeness (QED) is 0.359. The van der Waals surface area contributed by atoms with Crippen molar-refractivity contribution in [2.45, 2.75) is 25.5 Å². The van der Waals surface area contributed by atoms with E-state index in [4.69, 9.17) is 21.1 Å². The number of pyridine rings is 1. The van der Waals surface area contributed by atoms with E-state index in [1.54, 1.807) is 43.3 Å². The average molecular weight is 514 g/mol. The number of anilines is 1. The van der Waals surface area contributed by atoms with Crippen molar-refractivity contribution in [2.75, 3.05) is 18.9 Å². The lowest BCUT2D eigenvalue weighted by molar-refractivity contribution is 0.391. The maximum atomic E-state index is 13.2. The van der Waals surface area contributed by atoms with Crippen molar-refractivity contribution in [3.8, 4) is 28.6 Å². The first-order valence-electron chi connectivity index (χ1n) is 10.6. The van der Waals surface area contributed by atoms with Gasteiger partial charge in [-0.2, -0.15) is 0 Å². The number of ether oxygens (including phenoxy) is 2. The number of nitrogens with zero attached hydrogens (tertiary/aromatic N) is 6. The largest absolute Gasteiger partial charge is 0.494 e. The summed E-state index contributed by atoms with van der Waals surface area (Å²) < 4.78 is 29.2. The average Bonchev–Trinajstić information content (AvgIpc) is 3.27. The van der Waals surface area contributed by atoms with Gasteiger partial charge in [0.15, 0.2) is 5.82 Å². The van der Waals surface area contributed by atoms with Gasteiger partial charge in [0.1, 0.15) is 34.0 Å². The van der Waals surface area contributed by atoms with Gasteiger partial charge in [-0.3, -0.25) is 14.3 Å². The van der Waals surface area contributed by atoms with Crippen LogP contribution in [-0.2, 0) is 17.4 Å². The Balaban J connectivity index is 1.76. The Hall–Kier alpha value is -3.57. The summed E-state index contributed by atoms with van der Waals surface area (Å²) in [6, 6.07) is 7.37. The number of hydrogen-bond acceptors (Lipinski definition) is 8. The normalized spacial score (nSPS) is 12.7. The summed E-state index contributed by atoms with van der Waals surface area (Å²) in [6.45, 7) is 3.77. The van der Waals surface area contributed by atoms with E-state index >= 15 is 0 Å². The van der Waals surface area contributed by atoms with Crippen molar-refractivity contribution in [3.63, 3.8) is 0 Å². The summed E-state index contributed by atoms with van der Waals surface area (Å²) >= 11 is 5.87. The Morgan fingerprint density at radius 2 is 1.77 bits per heavy atom. The lowest BCUT2D eigenvalue weighted by atomic mass is 10.2. The number of rotatable bonds is 9. The molecular weight excluding hydrogens is 490 g/mol. The lowest BCUT2D eigenvalue weighted by Crippen LogP contribution is -2.23. The van der Waals surface area contributed by atoms with Crippen LogP contribution in [0, 0.1) is 6.92 Å². The molecule has 2 atom stereocenters. The summed E-state index contributed by atoms with van der Waals surface area (Å²) in [4.78, 5) is 12.7. The van der Waals surface area contributed by atoms with E-state index in [-0.39, 0.29) is 11.2 Å². The Bertz CT molecular complexity index is 1330. The van der Waals surface area contributed by atoms with Crippen molar-refractivity contribution >= 4 is 28.5 Å². The van der Waals surface area contributed by atoms with E-state index in [0.29, 0.717) is 40.3 Å². The van der Waals surface area contributed by atoms with E-state index in [9.17, 15) is 4.21 Å². The van der Waals surface area contributed by atoms with Gasteiger partial charge in [-0.15, -0.1) is 10.2 Å². The van der Waals surface area contributed by atoms with Crippen LogP contribution in [0.3, 0.4) is 0 Å². The molecule has 0 saturated carbocycles. The Morgan fingerprint density at radius 1 is 1.09 bits per heavy atom. The number of aryl methyl sites for hydroxylation is 1. The number of hydrogen-bond donors (Lipinski definition) is 1. The molecule has 0 saturated heterocycles. The predicted molar refractivity (Wildman–Crippen MR) is 134 cm³/mol. The van der Waals surface area contributed by atoms with Crippen molar-refractivity contribution in [1.82, 2.24) is 29.7 Å². The predicted octanol–water partition coefficient (Wildman–Crippen LogP) is 3.81. The number of para-hydroxylation sites is 1. The molecule has 4 aromatic rings. The third-order valence-corrected chi connectivity index (χ3v) is 6.60. The molecule has 1 aromatic carbocycles. The summed E-state index contributed by atoms with van der Waals surface area (Å²) in [6.07, 6.45) is 6.84. The zero-order chi connectivity index (χ0) is 24.9. The minimum atomic E-state index is -1.55. The molecule has 4 rings (SSSR count). The molecule has 0 bridgehead atoms. The topological polar surface area (TPSA) is 117 Å². The fourth-order valence-corrected chi connectivity index (χ4v) is 4.36. The van der Waals surface area contributed by atoms with Crippen LogP contribution in [0.15, 0.2) is 49.1 Å². The van der Waals surface area contributed by atoms with Gasteiger partial charge in [-0.25, -0.2) is 14.2 Å². The highest BCUT2D eigenvalue weighted by atomic mass is 35.5. The van der Waals surface area contributed by atoms with E-state index < -0.39 is 11.0 Å². The van der Waals surface area contributed by atoms with E-state index in [1.807, 2.05) is 26.0 Å². The van der Waals surface area contributed by atoms with Crippen LogP contribution >= 0.6 is 11.6 Å². The molecule has 3 aromatic heterocycles. The molecule has 10 nitrogen and oxygen atoms in total. The Morgan fingerprint density at radius 3 is 2.40 bits per heavy atom. The summed E-state index contributed by atoms with van der Waals surface area (Å²) in [5, 5.41) is 8.80. The highest BCUT2D eigenvalue weighted by Crippen LogP contribution is 2.37. The van der Waals surface area contributed by atoms with Crippen LogP contribution in [0.5, 0.6) is 11.5 Å². The fourth-order valence-electron chi connectivity index (χ4n) is 3.45. The van der Waals surface area contributed by atoms with Crippen LogP contribution in [0.25, 0.3) is 17.1 Å². The summed E-state index contributed by atoms with van der Waals surface area (Å²) in [7, 11) is 1.58. The minimum absolute atomic E-state index is 0.256. The van der Waals surface area contributed by atoms with Gasteiger partial charge in [0.25, 0.3) is 0 Å². The molecular formula is C23H24ClN7O3S. The molecule has 0 aliphatic rings. The highest BCUT2D eigenvalue weighted by Gasteiger charge is 2.25. The second-order valence-corrected chi connectivity index (χ2v) is 9.72. The first-order chi connectivity index (χ1) is 16.9. The third kappa shape index (κ3) is 5.41. The Kier molecular flexibility index (Phi) is 7.57. The zero-order valence-electron chi connectivity index (χ0n) is 19.6. The van der Waals surface area contributed by atoms with E-state index in [2.05, 4.69) is 29.9 Å². The molecule has 0 fully saturated rings. The molecule has 0 amide bonds. The second kappa shape index (κ2) is 10.8. The SMILES string of the molecule is COc1cccc(OC)c1-n1c(NS(=O)C(C)Cc2ncc(Cl)cn2)nnc1-c1cncc(C)c1. The zero-order valence-corrected chi connectivity index (χ0v) is 21.2. The van der Waals surface area contributed by atoms with Crippen LogP contribution in [0.4, 0.5) is 5.95 Å². The molecule has 0 aliphatic heterocycles. The molecule has 0 spiro atoms. The fraction of sp³-hybridized carbons (Fsp3) is 0.261. The number of halogens is 1. The molecule has 3 heterocycles. The summed E-state index contributed by atoms with van der Waals surface area (Å²) in [5.74, 6) is 2.34. The van der Waals surface area contributed by atoms with E-state index in [0.717, 1.165) is 11.1 Å². The van der Waals surface area contributed by atoms with Gasteiger partial charge < -0.3 is 9.47 Å². The van der Waals surface area contributed by atoms with Gasteiger partial charge in [0.05, 0.1) is 24.5 Å². The van der Waals surface area contributed by atoms with Crippen LogP contribution in [0.2, 0.25) is 5.02 Å². The smallest absolute Gasteiger partial charge is 0.241 e. The van der Waals surface area contributed by atoms with Gasteiger partial charge in [0.2, 0.25) is 5.95 Å². The van der Waals surface area contributed by atoms with Gasteiger partial charge in [0, 0.05) is 36.8 Å². The third-order valence-electron chi connectivity index (χ3n) is 5.12. The molecule has 2 unspecified atom stereocenters. The first-order valence-corrected chi connectivity index (χ1v) is 12.2. The van der Waals surface area contributed by atoms with Crippen LogP contribution < -0.4 is 14.2 Å². The molecule has 1 N–H and O–H groups in total. The maximum Gasteiger partial charge on any atom is 0.241 e. The number of benzene rings is 1. The number of nitrogens with one attached hydrogen (secondary N) is 1. The van der Waals surface area contributed by atoms with Gasteiger partial charge >= 0.3 is 0 Å². The Labute approximate surface area is 210 Å². The number of methoxy groups -OCH3 is 2.